The van der Waals surface area contributed by atoms with Gasteiger partial charge < -0.3 is 21.5 Å². The monoisotopic (exact) mass is 255 g/mol. The molecule has 0 bridgehead atoms. The maximum atomic E-state index is 11.3. The van der Waals surface area contributed by atoms with Crippen LogP contribution in [0, 0.1) is 11.8 Å². The van der Waals surface area contributed by atoms with Crippen molar-refractivity contribution in [2.45, 2.75) is 32.2 Å². The zero-order valence-electron chi connectivity index (χ0n) is 10.2. The topological polar surface area (TPSA) is 122 Å². The van der Waals surface area contributed by atoms with Crippen molar-refractivity contribution in [2.75, 3.05) is 6.54 Å². The maximum Gasteiger partial charge on any atom is 0.326 e. The second-order valence-electron chi connectivity index (χ2n) is 3.47. The van der Waals surface area contributed by atoms with Gasteiger partial charge in [-0.1, -0.05) is 0 Å². The number of carboxylic acids is 1. The summed E-state index contributed by atoms with van der Waals surface area (Å²) >= 11 is 0. The zero-order valence-corrected chi connectivity index (χ0v) is 10.2. The molecule has 0 heterocycles. The summed E-state index contributed by atoms with van der Waals surface area (Å²) in [5.74, 6) is 3.60. The highest BCUT2D eigenvalue weighted by Gasteiger charge is 2.19. The number of rotatable bonds is 7. The first kappa shape index (κ1) is 15.8. The van der Waals surface area contributed by atoms with Crippen LogP contribution in [-0.2, 0) is 9.59 Å². The number of primary amides is 1. The number of hydrogen-bond acceptors (Lipinski definition) is 3. The lowest BCUT2D eigenvalue weighted by atomic mass is 10.1. The largest absolute Gasteiger partial charge is 0.480 e. The molecule has 7 nitrogen and oxygen atoms in total. The second kappa shape index (κ2) is 8.87. The molecule has 0 aliphatic carbocycles. The molecule has 0 aliphatic heterocycles. The minimum Gasteiger partial charge on any atom is -0.480 e. The molecule has 0 aromatic carbocycles. The highest BCUT2D eigenvalue weighted by Crippen LogP contribution is 1.97. The molecule has 7 heteroatoms. The number of aliphatic carboxylic acids is 1. The van der Waals surface area contributed by atoms with Crippen molar-refractivity contribution < 1.29 is 19.5 Å². The van der Waals surface area contributed by atoms with Crippen LogP contribution in [0.15, 0.2) is 0 Å². The Morgan fingerprint density at radius 2 is 2.06 bits per heavy atom. The van der Waals surface area contributed by atoms with Crippen LogP contribution in [0.2, 0.25) is 0 Å². The number of hydrogen-bond donors (Lipinski definition) is 4. The van der Waals surface area contributed by atoms with E-state index < -0.39 is 23.9 Å². The molecule has 0 saturated heterocycles. The zero-order chi connectivity index (χ0) is 14.0. The standard InChI is InChI=1S/C11H17N3O4/c1-2-3-4-7-13-11(18)14-8(10(16)17)5-6-9(12)15/h8H,4-7H2,1H3,(H2,12,15)(H,16,17)(H2,13,14,18). The minimum absolute atomic E-state index is 0.0349. The molecular weight excluding hydrogens is 238 g/mol. The summed E-state index contributed by atoms with van der Waals surface area (Å²) in [5, 5.41) is 13.5. The van der Waals surface area contributed by atoms with E-state index in [9.17, 15) is 14.4 Å². The van der Waals surface area contributed by atoms with Gasteiger partial charge in [-0.15, -0.1) is 11.8 Å². The fourth-order valence-corrected chi connectivity index (χ4v) is 1.12. The van der Waals surface area contributed by atoms with Crippen LogP contribution in [0.5, 0.6) is 0 Å². The van der Waals surface area contributed by atoms with Gasteiger partial charge in [0.2, 0.25) is 5.91 Å². The molecule has 1 unspecified atom stereocenters. The normalized spacial score (nSPS) is 10.7. The van der Waals surface area contributed by atoms with Crippen LogP contribution in [-0.4, -0.2) is 35.6 Å². The molecule has 18 heavy (non-hydrogen) atoms. The quantitative estimate of drug-likeness (QED) is 0.359. The third-order valence-electron chi connectivity index (χ3n) is 2.00. The number of nitrogens with one attached hydrogen (secondary N) is 2. The molecule has 3 amide bonds. The lowest BCUT2D eigenvalue weighted by molar-refractivity contribution is -0.139. The Bertz CT molecular complexity index is 370. The van der Waals surface area contributed by atoms with Crippen LogP contribution in [0.25, 0.3) is 0 Å². The van der Waals surface area contributed by atoms with Crippen molar-refractivity contribution in [3.05, 3.63) is 0 Å². The summed E-state index contributed by atoms with van der Waals surface area (Å²) < 4.78 is 0. The van der Waals surface area contributed by atoms with Crippen molar-refractivity contribution in [1.82, 2.24) is 10.6 Å². The summed E-state index contributed by atoms with van der Waals surface area (Å²) in [7, 11) is 0. The van der Waals surface area contributed by atoms with E-state index in [0.717, 1.165) is 0 Å². The predicted octanol–water partition coefficient (Wildman–Crippen LogP) is -0.582. The van der Waals surface area contributed by atoms with E-state index >= 15 is 0 Å². The van der Waals surface area contributed by atoms with Gasteiger partial charge in [-0.05, 0) is 13.3 Å². The minimum atomic E-state index is -1.21. The molecule has 0 aromatic rings. The Labute approximate surface area is 105 Å². The third-order valence-corrected chi connectivity index (χ3v) is 2.00. The van der Waals surface area contributed by atoms with Gasteiger partial charge in [0.15, 0.2) is 0 Å². The van der Waals surface area contributed by atoms with Crippen LogP contribution in [0.3, 0.4) is 0 Å². The van der Waals surface area contributed by atoms with Gasteiger partial charge in [0, 0.05) is 19.4 Å². The molecule has 100 valence electrons. The van der Waals surface area contributed by atoms with Gasteiger partial charge in [0.25, 0.3) is 0 Å². The molecule has 1 atom stereocenters. The fourth-order valence-electron chi connectivity index (χ4n) is 1.12. The number of nitrogens with two attached hydrogens (primary N) is 1. The van der Waals surface area contributed by atoms with Crippen LogP contribution in [0.1, 0.15) is 26.2 Å². The Kier molecular flexibility index (Phi) is 7.77. The first-order valence-electron chi connectivity index (χ1n) is 5.42. The molecule has 5 N–H and O–H groups in total. The smallest absolute Gasteiger partial charge is 0.326 e. The Hall–Kier alpha value is -2.23. The first-order chi connectivity index (χ1) is 8.47. The third kappa shape index (κ3) is 7.98. The second-order valence-corrected chi connectivity index (χ2v) is 3.47. The molecule has 0 rings (SSSR count). The number of carboxylic acid groups (broad SMARTS) is 1. The highest BCUT2D eigenvalue weighted by molar-refractivity contribution is 5.83. The summed E-state index contributed by atoms with van der Waals surface area (Å²) in [6, 6.07) is -1.74. The lowest BCUT2D eigenvalue weighted by Gasteiger charge is -2.13. The van der Waals surface area contributed by atoms with Crippen LogP contribution in [0.4, 0.5) is 4.79 Å². The lowest BCUT2D eigenvalue weighted by Crippen LogP contribution is -2.46. The Morgan fingerprint density at radius 3 is 2.56 bits per heavy atom. The van der Waals surface area contributed by atoms with E-state index in [1.165, 1.54) is 0 Å². The molecule has 0 aromatic heterocycles. The van der Waals surface area contributed by atoms with E-state index in [0.29, 0.717) is 13.0 Å². The van der Waals surface area contributed by atoms with Gasteiger partial charge in [-0.3, -0.25) is 4.79 Å². The molecule has 0 aliphatic rings. The van der Waals surface area contributed by atoms with E-state index in [1.54, 1.807) is 6.92 Å². The highest BCUT2D eigenvalue weighted by atomic mass is 16.4. The summed E-state index contributed by atoms with van der Waals surface area (Å²) in [6.07, 6.45) is 0.356. The number of carbonyl (C=O) groups is 3. The van der Waals surface area contributed by atoms with Crippen LogP contribution < -0.4 is 16.4 Å². The molecular formula is C11H17N3O4. The summed E-state index contributed by atoms with van der Waals surface area (Å²) in [5.41, 5.74) is 4.91. The van der Waals surface area contributed by atoms with Gasteiger partial charge in [0.1, 0.15) is 6.04 Å². The van der Waals surface area contributed by atoms with Crippen molar-refractivity contribution in [3.63, 3.8) is 0 Å². The average molecular weight is 255 g/mol. The SMILES string of the molecule is CC#CCCNC(=O)NC(CCC(N)=O)C(=O)O. The molecule has 0 radical (unpaired) electrons. The maximum absolute atomic E-state index is 11.3. The predicted molar refractivity (Wildman–Crippen MR) is 64.5 cm³/mol. The van der Waals surface area contributed by atoms with Crippen molar-refractivity contribution in [1.29, 1.82) is 0 Å². The van der Waals surface area contributed by atoms with Crippen molar-refractivity contribution in [2.24, 2.45) is 5.73 Å². The summed E-state index contributed by atoms with van der Waals surface area (Å²) in [6.45, 7) is 2.01. The van der Waals surface area contributed by atoms with E-state index in [1.807, 2.05) is 0 Å². The van der Waals surface area contributed by atoms with E-state index in [2.05, 4.69) is 22.5 Å². The van der Waals surface area contributed by atoms with Gasteiger partial charge in [-0.2, -0.15) is 0 Å². The Morgan fingerprint density at radius 1 is 1.39 bits per heavy atom. The van der Waals surface area contributed by atoms with Crippen molar-refractivity contribution in [3.8, 4) is 11.8 Å². The van der Waals surface area contributed by atoms with E-state index in [4.69, 9.17) is 10.8 Å². The summed E-state index contributed by atoms with van der Waals surface area (Å²) in [4.78, 5) is 32.7. The van der Waals surface area contributed by atoms with Gasteiger partial charge in [0.05, 0.1) is 0 Å². The first-order valence-corrected chi connectivity index (χ1v) is 5.42. The van der Waals surface area contributed by atoms with Gasteiger partial charge in [-0.25, -0.2) is 9.59 Å². The molecule has 0 spiro atoms. The number of carbonyl (C=O) groups excluding carboxylic acids is 2. The van der Waals surface area contributed by atoms with Gasteiger partial charge >= 0.3 is 12.0 Å². The molecule has 0 saturated carbocycles. The van der Waals surface area contributed by atoms with E-state index in [-0.39, 0.29) is 12.8 Å². The number of amides is 3. The molecule has 0 fully saturated rings. The van der Waals surface area contributed by atoms with Crippen molar-refractivity contribution >= 4 is 17.9 Å². The number of urea groups is 1. The average Bonchev–Trinajstić information content (AvgIpc) is 2.29. The van der Waals surface area contributed by atoms with Crippen LogP contribution >= 0.6 is 0 Å². The Balaban J connectivity index is 4.06. The fraction of sp³-hybridized carbons (Fsp3) is 0.545.